The molecule has 0 spiro atoms. The number of nitrogens with zero attached hydrogens (tertiary/aromatic N) is 2. The Bertz CT molecular complexity index is 886. The average Bonchev–Trinajstić information content (AvgIpc) is 3.01. The lowest BCUT2D eigenvalue weighted by molar-refractivity contribution is -0.386. The van der Waals surface area contributed by atoms with Crippen LogP contribution >= 0.6 is 0 Å². The maximum atomic E-state index is 12.3. The molecule has 24 heavy (non-hydrogen) atoms. The molecule has 2 aromatic carbocycles. The number of fused-ring (bicyclic) bond motifs is 1. The Balaban J connectivity index is 1.81. The molecule has 2 N–H and O–H groups in total. The highest BCUT2D eigenvalue weighted by Gasteiger charge is 2.25. The zero-order chi connectivity index (χ0) is 17.1. The van der Waals surface area contributed by atoms with Gasteiger partial charge >= 0.3 is 5.69 Å². The number of imidazole rings is 1. The number of ether oxygens (including phenoxy) is 1. The van der Waals surface area contributed by atoms with E-state index in [0.29, 0.717) is 5.82 Å². The molecule has 8 heteroatoms. The van der Waals surface area contributed by atoms with Crippen molar-refractivity contribution in [3.63, 3.8) is 0 Å². The number of methoxy groups -OCH3 is 1. The summed E-state index contributed by atoms with van der Waals surface area (Å²) in [6.07, 6.45) is 0. The molecule has 1 amide bonds. The minimum Gasteiger partial charge on any atom is -0.490 e. The van der Waals surface area contributed by atoms with E-state index in [0.717, 1.165) is 11.0 Å². The van der Waals surface area contributed by atoms with Crippen LogP contribution < -0.4 is 10.1 Å². The van der Waals surface area contributed by atoms with Gasteiger partial charge in [0.25, 0.3) is 5.91 Å². The third kappa shape index (κ3) is 2.89. The van der Waals surface area contributed by atoms with Gasteiger partial charge in [-0.2, -0.15) is 0 Å². The summed E-state index contributed by atoms with van der Waals surface area (Å²) < 4.78 is 4.96. The largest absolute Gasteiger partial charge is 0.490 e. The van der Waals surface area contributed by atoms with E-state index in [4.69, 9.17) is 4.74 Å². The van der Waals surface area contributed by atoms with Crippen molar-refractivity contribution in [2.24, 2.45) is 0 Å². The topological polar surface area (TPSA) is 110 Å². The first-order valence-electron chi connectivity index (χ1n) is 7.13. The fourth-order valence-corrected chi connectivity index (χ4v) is 2.41. The second-order valence-corrected chi connectivity index (χ2v) is 5.00. The van der Waals surface area contributed by atoms with Crippen LogP contribution in [0.5, 0.6) is 5.75 Å². The lowest BCUT2D eigenvalue weighted by Gasteiger charge is -2.07. The highest BCUT2D eigenvalue weighted by molar-refractivity contribution is 5.99. The van der Waals surface area contributed by atoms with Gasteiger partial charge in [0.2, 0.25) is 0 Å². The van der Waals surface area contributed by atoms with Gasteiger partial charge < -0.3 is 15.0 Å². The molecule has 0 aliphatic rings. The fourth-order valence-electron chi connectivity index (χ4n) is 2.41. The van der Waals surface area contributed by atoms with Gasteiger partial charge in [-0.3, -0.25) is 14.9 Å². The van der Waals surface area contributed by atoms with Gasteiger partial charge in [-0.05, 0) is 24.3 Å². The number of H-pyrrole nitrogens is 1. The third-order valence-electron chi connectivity index (χ3n) is 3.50. The maximum Gasteiger partial charge on any atom is 0.323 e. The predicted molar refractivity (Wildman–Crippen MR) is 86.9 cm³/mol. The molecule has 1 heterocycles. The van der Waals surface area contributed by atoms with Gasteiger partial charge in [0.15, 0.2) is 5.75 Å². The highest BCUT2D eigenvalue weighted by Crippen LogP contribution is 2.30. The molecule has 3 aromatic rings. The van der Waals surface area contributed by atoms with Crippen LogP contribution in [0.1, 0.15) is 16.2 Å². The number of benzene rings is 2. The lowest BCUT2D eigenvalue weighted by atomic mass is 10.1. The Morgan fingerprint density at radius 2 is 2.08 bits per heavy atom. The number of aromatic amines is 1. The van der Waals surface area contributed by atoms with Gasteiger partial charge in [0.1, 0.15) is 11.4 Å². The average molecular weight is 326 g/mol. The zero-order valence-corrected chi connectivity index (χ0v) is 12.8. The molecule has 3 rings (SSSR count). The van der Waals surface area contributed by atoms with Crippen LogP contribution in [-0.2, 0) is 6.54 Å². The van der Waals surface area contributed by atoms with Crippen LogP contribution in [-0.4, -0.2) is 27.9 Å². The number of para-hydroxylation sites is 3. The number of hydrogen-bond acceptors (Lipinski definition) is 5. The van der Waals surface area contributed by atoms with E-state index < -0.39 is 10.8 Å². The number of carbonyl (C=O) groups is 1. The van der Waals surface area contributed by atoms with E-state index in [1.165, 1.54) is 25.3 Å². The number of hydrogen-bond donors (Lipinski definition) is 2. The quantitative estimate of drug-likeness (QED) is 0.552. The Morgan fingerprint density at radius 3 is 2.79 bits per heavy atom. The van der Waals surface area contributed by atoms with Crippen LogP contribution in [0.3, 0.4) is 0 Å². The lowest BCUT2D eigenvalue weighted by Crippen LogP contribution is -2.24. The van der Waals surface area contributed by atoms with Crippen molar-refractivity contribution >= 4 is 22.6 Å². The van der Waals surface area contributed by atoms with Crippen molar-refractivity contribution in [3.05, 3.63) is 64.0 Å². The van der Waals surface area contributed by atoms with Crippen molar-refractivity contribution in [1.82, 2.24) is 15.3 Å². The van der Waals surface area contributed by atoms with Crippen LogP contribution in [0, 0.1) is 10.1 Å². The Hall–Kier alpha value is -3.42. The van der Waals surface area contributed by atoms with Crippen LogP contribution in [0.4, 0.5) is 5.69 Å². The molecule has 0 atom stereocenters. The Kier molecular flexibility index (Phi) is 4.11. The first-order chi connectivity index (χ1) is 11.6. The molecule has 0 saturated carbocycles. The van der Waals surface area contributed by atoms with E-state index in [9.17, 15) is 14.9 Å². The Labute approximate surface area is 136 Å². The molecule has 0 fully saturated rings. The van der Waals surface area contributed by atoms with Crippen LogP contribution in [0.25, 0.3) is 11.0 Å². The molecular weight excluding hydrogens is 312 g/mol. The zero-order valence-electron chi connectivity index (χ0n) is 12.8. The molecular formula is C16H14N4O4. The second kappa shape index (κ2) is 6.37. The van der Waals surface area contributed by atoms with Gasteiger partial charge in [0.05, 0.1) is 29.6 Å². The summed E-state index contributed by atoms with van der Waals surface area (Å²) in [5.41, 5.74) is 1.22. The number of nitro benzene ring substituents is 1. The summed E-state index contributed by atoms with van der Waals surface area (Å²) in [7, 11) is 1.32. The molecule has 1 aromatic heterocycles. The smallest absolute Gasteiger partial charge is 0.323 e. The standard InChI is InChI=1S/C16H14N4O4/c1-24-13-8-4-5-10(15(13)20(22)23)16(21)17-9-14-18-11-6-2-3-7-12(11)19-14/h2-8H,9H2,1H3,(H,17,21)(H,18,19). The Morgan fingerprint density at radius 1 is 1.29 bits per heavy atom. The highest BCUT2D eigenvalue weighted by atomic mass is 16.6. The van der Waals surface area contributed by atoms with E-state index in [-0.39, 0.29) is 23.5 Å². The number of nitro groups is 1. The van der Waals surface area contributed by atoms with Gasteiger partial charge in [-0.25, -0.2) is 4.98 Å². The van der Waals surface area contributed by atoms with Crippen molar-refractivity contribution < 1.29 is 14.5 Å². The van der Waals surface area contributed by atoms with E-state index in [1.807, 2.05) is 24.3 Å². The molecule has 0 saturated heterocycles. The van der Waals surface area contributed by atoms with E-state index in [1.54, 1.807) is 0 Å². The summed E-state index contributed by atoms with van der Waals surface area (Å²) in [6.45, 7) is 0.127. The summed E-state index contributed by atoms with van der Waals surface area (Å²) in [6, 6.07) is 11.8. The van der Waals surface area contributed by atoms with Gasteiger partial charge in [-0.15, -0.1) is 0 Å². The number of rotatable bonds is 5. The van der Waals surface area contributed by atoms with Crippen molar-refractivity contribution in [3.8, 4) is 5.75 Å². The molecule has 0 radical (unpaired) electrons. The maximum absolute atomic E-state index is 12.3. The third-order valence-corrected chi connectivity index (χ3v) is 3.50. The summed E-state index contributed by atoms with van der Waals surface area (Å²) >= 11 is 0. The number of aromatic nitrogens is 2. The molecule has 0 aliphatic heterocycles. The summed E-state index contributed by atoms with van der Waals surface area (Å²) in [4.78, 5) is 30.3. The minimum atomic E-state index is -0.630. The number of amides is 1. The van der Waals surface area contributed by atoms with Crippen LogP contribution in [0.15, 0.2) is 42.5 Å². The van der Waals surface area contributed by atoms with Gasteiger partial charge in [0, 0.05) is 0 Å². The summed E-state index contributed by atoms with van der Waals surface area (Å²) in [5.74, 6) is 0.0348. The second-order valence-electron chi connectivity index (χ2n) is 5.00. The molecule has 0 bridgehead atoms. The molecule has 8 nitrogen and oxygen atoms in total. The first-order valence-corrected chi connectivity index (χ1v) is 7.13. The SMILES string of the molecule is COc1cccc(C(=O)NCc2nc3ccccc3[nH]2)c1[N+](=O)[O-]. The van der Waals surface area contributed by atoms with Crippen molar-refractivity contribution in [2.45, 2.75) is 6.54 Å². The molecule has 122 valence electrons. The minimum absolute atomic E-state index is 0.0383. The number of carbonyl (C=O) groups excluding carboxylic acids is 1. The van der Waals surface area contributed by atoms with E-state index >= 15 is 0 Å². The predicted octanol–water partition coefficient (Wildman–Crippen LogP) is 2.41. The first kappa shape index (κ1) is 15.5. The molecule has 0 unspecified atom stereocenters. The normalized spacial score (nSPS) is 10.5. The van der Waals surface area contributed by atoms with Crippen molar-refractivity contribution in [2.75, 3.05) is 7.11 Å². The monoisotopic (exact) mass is 326 g/mol. The number of nitrogens with one attached hydrogen (secondary N) is 2. The fraction of sp³-hybridized carbons (Fsp3) is 0.125. The van der Waals surface area contributed by atoms with Gasteiger partial charge in [-0.1, -0.05) is 18.2 Å². The summed E-state index contributed by atoms with van der Waals surface area (Å²) in [5, 5.41) is 13.9. The van der Waals surface area contributed by atoms with Crippen molar-refractivity contribution in [1.29, 1.82) is 0 Å². The van der Waals surface area contributed by atoms with E-state index in [2.05, 4.69) is 15.3 Å². The molecule has 0 aliphatic carbocycles. The van der Waals surface area contributed by atoms with Crippen LogP contribution in [0.2, 0.25) is 0 Å².